The van der Waals surface area contributed by atoms with Crippen LogP contribution in [0.2, 0.25) is 0 Å². The van der Waals surface area contributed by atoms with Crippen molar-refractivity contribution in [1.29, 1.82) is 0 Å². The Kier molecular flexibility index (Phi) is 13.1. The Hall–Kier alpha value is -0.830. The molecule has 1 rings (SSSR count). The maximum Gasteiger partial charge on any atom is 0.191 e. The Morgan fingerprint density at radius 3 is 2.57 bits per heavy atom. The molecule has 1 aromatic rings. The number of ether oxygens (including phenoxy) is 2. The Labute approximate surface area is 161 Å². The third kappa shape index (κ3) is 9.14. The second-order valence-corrected chi connectivity index (χ2v) is 5.70. The van der Waals surface area contributed by atoms with Crippen molar-refractivity contribution in [2.75, 3.05) is 38.8 Å². The van der Waals surface area contributed by atoms with Crippen LogP contribution < -0.4 is 20.1 Å². The minimum Gasteiger partial charge on any atom is -0.493 e. The second kappa shape index (κ2) is 13.6. The zero-order valence-electron chi connectivity index (χ0n) is 14.3. The SMILES string of the molecule is CCNC(=NCC(C)Oc1ccccc1OC)NCCSC.I. The molecule has 7 heteroatoms. The lowest BCUT2D eigenvalue weighted by molar-refractivity contribution is 0.219. The molecule has 1 aromatic carbocycles. The molecule has 132 valence electrons. The van der Waals surface area contributed by atoms with Gasteiger partial charge in [0.05, 0.1) is 13.7 Å². The number of nitrogens with zero attached hydrogens (tertiary/aromatic N) is 1. The van der Waals surface area contributed by atoms with Crippen molar-refractivity contribution in [2.45, 2.75) is 20.0 Å². The van der Waals surface area contributed by atoms with Gasteiger partial charge in [0.2, 0.25) is 0 Å². The van der Waals surface area contributed by atoms with E-state index >= 15 is 0 Å². The molecule has 0 heterocycles. The maximum absolute atomic E-state index is 5.90. The first-order chi connectivity index (χ1) is 10.7. The lowest BCUT2D eigenvalue weighted by atomic mass is 10.3. The largest absolute Gasteiger partial charge is 0.493 e. The maximum atomic E-state index is 5.90. The first-order valence-corrected chi connectivity index (χ1v) is 8.91. The van der Waals surface area contributed by atoms with E-state index in [1.165, 1.54) is 0 Å². The summed E-state index contributed by atoms with van der Waals surface area (Å²) >= 11 is 1.81. The lowest BCUT2D eigenvalue weighted by Gasteiger charge is -2.16. The summed E-state index contributed by atoms with van der Waals surface area (Å²) < 4.78 is 11.2. The standard InChI is InChI=1S/C16H27N3O2S.HI/c1-5-17-16(18-10-11-22-4)19-12-13(2)21-15-9-7-6-8-14(15)20-3;/h6-9,13H,5,10-12H2,1-4H3,(H2,17,18,19);1H. The van der Waals surface area contributed by atoms with Crippen LogP contribution in [0.1, 0.15) is 13.8 Å². The summed E-state index contributed by atoms with van der Waals surface area (Å²) in [5, 5.41) is 6.53. The molecular formula is C16H28IN3O2S. The van der Waals surface area contributed by atoms with E-state index in [2.05, 4.69) is 28.8 Å². The van der Waals surface area contributed by atoms with Crippen molar-refractivity contribution in [3.63, 3.8) is 0 Å². The summed E-state index contributed by atoms with van der Waals surface area (Å²) in [7, 11) is 1.64. The van der Waals surface area contributed by atoms with Crippen LogP contribution >= 0.6 is 35.7 Å². The van der Waals surface area contributed by atoms with Gasteiger partial charge in [-0.2, -0.15) is 11.8 Å². The van der Waals surface area contributed by atoms with E-state index in [9.17, 15) is 0 Å². The number of hydrogen-bond donors (Lipinski definition) is 2. The molecule has 0 radical (unpaired) electrons. The van der Waals surface area contributed by atoms with Gasteiger partial charge in [0.1, 0.15) is 6.10 Å². The summed E-state index contributed by atoms with van der Waals surface area (Å²) in [5.74, 6) is 3.36. The van der Waals surface area contributed by atoms with Gasteiger partial charge in [-0.25, -0.2) is 4.99 Å². The fraction of sp³-hybridized carbons (Fsp3) is 0.562. The highest BCUT2D eigenvalue weighted by molar-refractivity contribution is 14.0. The number of thioether (sulfide) groups is 1. The Morgan fingerprint density at radius 2 is 1.96 bits per heavy atom. The minimum absolute atomic E-state index is 0. The normalized spacial score (nSPS) is 12.1. The quantitative estimate of drug-likeness (QED) is 0.261. The molecule has 0 bridgehead atoms. The Balaban J connectivity index is 0.00000484. The molecule has 0 aliphatic rings. The van der Waals surface area contributed by atoms with E-state index in [4.69, 9.17) is 9.47 Å². The molecule has 0 saturated heterocycles. The smallest absolute Gasteiger partial charge is 0.191 e. The topological polar surface area (TPSA) is 54.9 Å². The number of methoxy groups -OCH3 is 1. The lowest BCUT2D eigenvalue weighted by Crippen LogP contribution is -2.39. The number of halogens is 1. The zero-order chi connectivity index (χ0) is 16.2. The van der Waals surface area contributed by atoms with E-state index < -0.39 is 0 Å². The van der Waals surface area contributed by atoms with Crippen molar-refractivity contribution in [3.8, 4) is 11.5 Å². The molecule has 2 N–H and O–H groups in total. The number of nitrogens with one attached hydrogen (secondary N) is 2. The Bertz CT molecular complexity index is 461. The van der Waals surface area contributed by atoms with Crippen molar-refractivity contribution >= 4 is 41.7 Å². The summed E-state index contributed by atoms with van der Waals surface area (Å²) in [6.07, 6.45) is 2.06. The average Bonchev–Trinajstić information content (AvgIpc) is 2.53. The van der Waals surface area contributed by atoms with Gasteiger partial charge >= 0.3 is 0 Å². The van der Waals surface area contributed by atoms with Gasteiger partial charge in [-0.3, -0.25) is 0 Å². The van der Waals surface area contributed by atoms with Gasteiger partial charge < -0.3 is 20.1 Å². The van der Waals surface area contributed by atoms with Gasteiger partial charge in [-0.15, -0.1) is 24.0 Å². The third-order valence-electron chi connectivity index (χ3n) is 2.85. The molecule has 0 fully saturated rings. The van der Waals surface area contributed by atoms with Crippen molar-refractivity contribution in [2.24, 2.45) is 4.99 Å². The van der Waals surface area contributed by atoms with Crippen LogP contribution in [-0.4, -0.2) is 50.8 Å². The summed E-state index contributed by atoms with van der Waals surface area (Å²) in [6.45, 7) is 6.37. The molecule has 0 aliphatic heterocycles. The molecular weight excluding hydrogens is 425 g/mol. The van der Waals surface area contributed by atoms with Gasteiger partial charge in [0.25, 0.3) is 0 Å². The van der Waals surface area contributed by atoms with Crippen LogP contribution in [0.25, 0.3) is 0 Å². The van der Waals surface area contributed by atoms with E-state index in [0.717, 1.165) is 36.3 Å². The fourth-order valence-electron chi connectivity index (χ4n) is 1.80. The highest BCUT2D eigenvalue weighted by atomic mass is 127. The third-order valence-corrected chi connectivity index (χ3v) is 3.46. The van der Waals surface area contributed by atoms with E-state index in [-0.39, 0.29) is 30.1 Å². The molecule has 1 atom stereocenters. The monoisotopic (exact) mass is 453 g/mol. The molecule has 23 heavy (non-hydrogen) atoms. The fourth-order valence-corrected chi connectivity index (χ4v) is 2.11. The first kappa shape index (κ1) is 22.2. The number of rotatable bonds is 9. The zero-order valence-corrected chi connectivity index (χ0v) is 17.4. The van der Waals surface area contributed by atoms with Crippen LogP contribution in [0, 0.1) is 0 Å². The molecule has 0 aliphatic carbocycles. The molecule has 0 spiro atoms. The highest BCUT2D eigenvalue weighted by Crippen LogP contribution is 2.26. The number of aliphatic imine (C=N–C) groups is 1. The van der Waals surface area contributed by atoms with E-state index in [0.29, 0.717) is 6.54 Å². The molecule has 0 saturated carbocycles. The minimum atomic E-state index is -0.0349. The van der Waals surface area contributed by atoms with Crippen LogP contribution in [0.15, 0.2) is 29.3 Å². The number of guanidine groups is 1. The van der Waals surface area contributed by atoms with E-state index in [1.807, 2.05) is 43.0 Å². The summed E-state index contributed by atoms with van der Waals surface area (Å²) in [6, 6.07) is 7.65. The Morgan fingerprint density at radius 1 is 1.26 bits per heavy atom. The van der Waals surface area contributed by atoms with Gasteiger partial charge in [0, 0.05) is 18.8 Å². The predicted molar refractivity (Wildman–Crippen MR) is 111 cm³/mol. The summed E-state index contributed by atoms with van der Waals surface area (Å²) in [5.41, 5.74) is 0. The molecule has 0 amide bonds. The van der Waals surface area contributed by atoms with Crippen LogP contribution in [0.5, 0.6) is 11.5 Å². The highest BCUT2D eigenvalue weighted by Gasteiger charge is 2.08. The average molecular weight is 453 g/mol. The van der Waals surface area contributed by atoms with Crippen LogP contribution in [0.4, 0.5) is 0 Å². The number of benzene rings is 1. The van der Waals surface area contributed by atoms with Crippen LogP contribution in [-0.2, 0) is 0 Å². The molecule has 1 unspecified atom stereocenters. The van der Waals surface area contributed by atoms with Gasteiger partial charge in [0.15, 0.2) is 17.5 Å². The van der Waals surface area contributed by atoms with Gasteiger partial charge in [-0.1, -0.05) is 12.1 Å². The number of para-hydroxylation sites is 2. The van der Waals surface area contributed by atoms with Crippen molar-refractivity contribution in [3.05, 3.63) is 24.3 Å². The van der Waals surface area contributed by atoms with Crippen molar-refractivity contribution < 1.29 is 9.47 Å². The number of hydrogen-bond acceptors (Lipinski definition) is 4. The van der Waals surface area contributed by atoms with E-state index in [1.54, 1.807) is 7.11 Å². The first-order valence-electron chi connectivity index (χ1n) is 7.52. The van der Waals surface area contributed by atoms with Crippen LogP contribution in [0.3, 0.4) is 0 Å². The molecule has 5 nitrogen and oxygen atoms in total. The predicted octanol–water partition coefficient (Wildman–Crippen LogP) is 3.00. The second-order valence-electron chi connectivity index (χ2n) is 4.72. The van der Waals surface area contributed by atoms with Crippen molar-refractivity contribution in [1.82, 2.24) is 10.6 Å². The molecule has 0 aromatic heterocycles. The summed E-state index contributed by atoms with van der Waals surface area (Å²) in [4.78, 5) is 4.56. The van der Waals surface area contributed by atoms with Gasteiger partial charge in [-0.05, 0) is 32.2 Å².